The average molecular weight is 478 g/mol. The van der Waals surface area contributed by atoms with Crippen LogP contribution in [0.2, 0.25) is 0 Å². The van der Waals surface area contributed by atoms with E-state index in [0.29, 0.717) is 42.6 Å². The minimum absolute atomic E-state index is 0.312. The predicted molar refractivity (Wildman–Crippen MR) is 129 cm³/mol. The van der Waals surface area contributed by atoms with E-state index in [2.05, 4.69) is 0 Å². The van der Waals surface area contributed by atoms with E-state index in [4.69, 9.17) is 18.9 Å². The molecule has 1 N–H and O–H groups in total. The van der Waals surface area contributed by atoms with Crippen molar-refractivity contribution in [2.24, 2.45) is 0 Å². The highest BCUT2D eigenvalue weighted by Crippen LogP contribution is 2.53. The first-order valence-corrected chi connectivity index (χ1v) is 11.5. The van der Waals surface area contributed by atoms with E-state index in [-0.39, 0.29) is 5.56 Å². The van der Waals surface area contributed by atoms with Crippen molar-refractivity contribution in [3.8, 4) is 28.5 Å². The number of carboxylic acids is 1. The summed E-state index contributed by atoms with van der Waals surface area (Å²) in [5, 5.41) is 9.60. The van der Waals surface area contributed by atoms with Gasteiger partial charge in [0.25, 0.3) is 0 Å². The van der Waals surface area contributed by atoms with Gasteiger partial charge in [-0.15, -0.1) is 0 Å². The van der Waals surface area contributed by atoms with Gasteiger partial charge < -0.3 is 28.6 Å². The smallest absolute Gasteiger partial charge is 0.341 e. The summed E-state index contributed by atoms with van der Waals surface area (Å²) in [5.74, 6) is 0.472. The molecule has 0 bridgehead atoms. The van der Waals surface area contributed by atoms with Crippen molar-refractivity contribution in [1.82, 2.24) is 4.57 Å². The van der Waals surface area contributed by atoms with Crippen molar-refractivity contribution >= 4 is 5.97 Å². The average Bonchev–Trinajstić information content (AvgIpc) is 3.16. The molecular weight excluding hydrogens is 450 g/mol. The molecule has 0 fully saturated rings. The first-order valence-electron chi connectivity index (χ1n) is 11.5. The van der Waals surface area contributed by atoms with Gasteiger partial charge in [0.1, 0.15) is 16.9 Å². The number of nitrogens with zero attached hydrogens (tertiary/aromatic N) is 1. The largest absolute Gasteiger partial charge is 0.489 e. The third kappa shape index (κ3) is 4.14. The SMILES string of the molecule is COCCCOc1cc2c(c3c1OC(C)(C)C3)-c1cc(=O)c(C(=O)O)cn1C(c1ccccc1)O2. The Morgan fingerprint density at radius 3 is 2.69 bits per heavy atom. The van der Waals surface area contributed by atoms with Gasteiger partial charge in [-0.3, -0.25) is 4.79 Å². The Morgan fingerprint density at radius 2 is 1.97 bits per heavy atom. The van der Waals surface area contributed by atoms with Crippen LogP contribution in [0.25, 0.3) is 11.3 Å². The fourth-order valence-electron chi connectivity index (χ4n) is 4.68. The van der Waals surface area contributed by atoms with E-state index >= 15 is 0 Å². The molecule has 0 spiro atoms. The number of carboxylic acid groups (broad SMARTS) is 1. The lowest BCUT2D eigenvalue weighted by molar-refractivity contribution is 0.0693. The summed E-state index contributed by atoms with van der Waals surface area (Å²) in [6.45, 7) is 5.01. The molecule has 182 valence electrons. The molecule has 0 radical (unpaired) electrons. The van der Waals surface area contributed by atoms with Crippen LogP contribution in [0.3, 0.4) is 0 Å². The number of carbonyl (C=O) groups is 1. The molecule has 35 heavy (non-hydrogen) atoms. The van der Waals surface area contributed by atoms with Gasteiger partial charge in [0.05, 0.1) is 12.3 Å². The maximum Gasteiger partial charge on any atom is 0.341 e. The lowest BCUT2D eigenvalue weighted by Gasteiger charge is -2.33. The van der Waals surface area contributed by atoms with Crippen LogP contribution >= 0.6 is 0 Å². The van der Waals surface area contributed by atoms with Crippen LogP contribution < -0.4 is 19.6 Å². The first-order chi connectivity index (χ1) is 16.8. The van der Waals surface area contributed by atoms with Gasteiger partial charge in [-0.1, -0.05) is 30.3 Å². The summed E-state index contributed by atoms with van der Waals surface area (Å²) in [4.78, 5) is 24.5. The van der Waals surface area contributed by atoms with E-state index in [1.165, 1.54) is 12.3 Å². The first kappa shape index (κ1) is 23.0. The van der Waals surface area contributed by atoms with Gasteiger partial charge >= 0.3 is 5.97 Å². The standard InChI is InChI=1S/C27H27NO7/c1-27(2)14-17-23-19-12-20(29)18(26(30)31)15-28(19)25(16-8-5-4-6-9-16)34-21(23)13-22(24(17)35-27)33-11-7-10-32-3/h4-6,8-9,12-13,15,25H,7,10-11,14H2,1-3H3,(H,30,31). The summed E-state index contributed by atoms with van der Waals surface area (Å²) in [5.41, 5.74) is 1.64. The molecule has 3 aromatic rings. The number of benzene rings is 2. The quantitative estimate of drug-likeness (QED) is 0.508. The molecule has 8 nitrogen and oxygen atoms in total. The van der Waals surface area contributed by atoms with Crippen molar-refractivity contribution < 1.29 is 28.8 Å². The molecule has 0 aliphatic carbocycles. The number of hydrogen-bond acceptors (Lipinski definition) is 6. The topological polar surface area (TPSA) is 96.2 Å². The third-order valence-corrected chi connectivity index (χ3v) is 6.18. The van der Waals surface area contributed by atoms with Crippen molar-refractivity contribution in [2.45, 2.75) is 38.5 Å². The number of pyridine rings is 1. The molecule has 5 rings (SSSR count). The Hall–Kier alpha value is -3.78. The molecule has 0 saturated carbocycles. The highest BCUT2D eigenvalue weighted by atomic mass is 16.5. The zero-order chi connectivity index (χ0) is 24.7. The van der Waals surface area contributed by atoms with Gasteiger partial charge in [-0.05, 0) is 13.8 Å². The Morgan fingerprint density at radius 1 is 1.20 bits per heavy atom. The van der Waals surface area contributed by atoms with Gasteiger partial charge in [-0.25, -0.2) is 4.79 Å². The van der Waals surface area contributed by atoms with Crippen LogP contribution in [0.4, 0.5) is 0 Å². The number of methoxy groups -OCH3 is 1. The highest BCUT2D eigenvalue weighted by molar-refractivity contribution is 5.88. The summed E-state index contributed by atoms with van der Waals surface area (Å²) >= 11 is 0. The second kappa shape index (κ2) is 8.78. The summed E-state index contributed by atoms with van der Waals surface area (Å²) in [6.07, 6.45) is 2.00. The van der Waals surface area contributed by atoms with Gasteiger partial charge in [-0.2, -0.15) is 0 Å². The minimum Gasteiger partial charge on any atom is -0.489 e. The normalized spacial score (nSPS) is 16.9. The van der Waals surface area contributed by atoms with E-state index in [9.17, 15) is 14.7 Å². The third-order valence-electron chi connectivity index (χ3n) is 6.18. The predicted octanol–water partition coefficient (Wildman–Crippen LogP) is 4.28. The summed E-state index contributed by atoms with van der Waals surface area (Å²) in [7, 11) is 1.65. The van der Waals surface area contributed by atoms with Crippen LogP contribution in [0.1, 0.15) is 48.0 Å². The fraction of sp³-hybridized carbons (Fsp3) is 0.333. The summed E-state index contributed by atoms with van der Waals surface area (Å²) in [6, 6.07) is 12.7. The molecule has 0 saturated heterocycles. The molecule has 2 aromatic carbocycles. The second-order valence-corrected chi connectivity index (χ2v) is 9.32. The molecular formula is C27H27NO7. The zero-order valence-corrected chi connectivity index (χ0v) is 19.9. The number of ether oxygens (including phenoxy) is 4. The Bertz CT molecular complexity index is 1340. The van der Waals surface area contributed by atoms with E-state index in [1.807, 2.05) is 44.2 Å². The van der Waals surface area contributed by atoms with Gasteiger partial charge in [0.2, 0.25) is 6.23 Å². The molecule has 3 heterocycles. The fourth-order valence-corrected chi connectivity index (χ4v) is 4.68. The number of rotatable bonds is 7. The van der Waals surface area contributed by atoms with Crippen molar-refractivity contribution in [3.05, 3.63) is 75.6 Å². The van der Waals surface area contributed by atoms with E-state index in [1.54, 1.807) is 17.7 Å². The van der Waals surface area contributed by atoms with E-state index < -0.39 is 23.2 Å². The highest BCUT2D eigenvalue weighted by Gasteiger charge is 2.40. The minimum atomic E-state index is -1.28. The molecule has 2 aliphatic rings. The van der Waals surface area contributed by atoms with Gasteiger partial charge in [0.15, 0.2) is 16.9 Å². The van der Waals surface area contributed by atoms with Crippen LogP contribution in [0.15, 0.2) is 53.5 Å². The maximum atomic E-state index is 12.8. The molecule has 0 amide bonds. The van der Waals surface area contributed by atoms with Crippen LogP contribution in [0, 0.1) is 0 Å². The number of fused-ring (bicyclic) bond motifs is 5. The number of aromatic carboxylic acids is 1. The number of hydrogen-bond donors (Lipinski definition) is 1. The van der Waals surface area contributed by atoms with Gasteiger partial charge in [0, 0.05) is 61.6 Å². The molecule has 8 heteroatoms. The Balaban J connectivity index is 1.71. The zero-order valence-electron chi connectivity index (χ0n) is 19.9. The van der Waals surface area contributed by atoms with E-state index in [0.717, 1.165) is 23.1 Å². The van der Waals surface area contributed by atoms with Crippen LogP contribution in [0.5, 0.6) is 17.2 Å². The lowest BCUT2D eigenvalue weighted by Crippen LogP contribution is -2.28. The molecule has 1 atom stereocenters. The number of aromatic nitrogens is 1. The lowest BCUT2D eigenvalue weighted by atomic mass is 9.93. The Kier molecular flexibility index (Phi) is 5.76. The summed E-state index contributed by atoms with van der Waals surface area (Å²) < 4.78 is 25.7. The van der Waals surface area contributed by atoms with Crippen molar-refractivity contribution in [2.75, 3.05) is 20.3 Å². The second-order valence-electron chi connectivity index (χ2n) is 9.32. The molecule has 1 unspecified atom stereocenters. The van der Waals surface area contributed by atoms with Crippen molar-refractivity contribution in [1.29, 1.82) is 0 Å². The monoisotopic (exact) mass is 477 g/mol. The van der Waals surface area contributed by atoms with Crippen LogP contribution in [-0.4, -0.2) is 41.6 Å². The van der Waals surface area contributed by atoms with Crippen LogP contribution in [-0.2, 0) is 11.2 Å². The van der Waals surface area contributed by atoms with Crippen molar-refractivity contribution in [3.63, 3.8) is 0 Å². The Labute approximate surface area is 202 Å². The molecule has 2 aliphatic heterocycles. The maximum absolute atomic E-state index is 12.8. The molecule has 1 aromatic heterocycles.